The molecule has 0 fully saturated rings. The summed E-state index contributed by atoms with van der Waals surface area (Å²) in [4.78, 5) is 30.1. The van der Waals surface area contributed by atoms with E-state index in [4.69, 9.17) is 4.74 Å². The lowest BCUT2D eigenvalue weighted by Crippen LogP contribution is -2.19. The minimum atomic E-state index is -1.01. The number of benzene rings is 1. The van der Waals surface area contributed by atoms with Crippen molar-refractivity contribution in [2.45, 2.75) is 32.7 Å². The number of esters is 1. The number of anilines is 1. The van der Waals surface area contributed by atoms with Gasteiger partial charge in [0.2, 0.25) is 5.91 Å². The number of ether oxygens (including phenoxy) is 1. The number of hydrogen-bond acceptors (Lipinski definition) is 5. The van der Waals surface area contributed by atoms with E-state index in [0.29, 0.717) is 22.0 Å². The van der Waals surface area contributed by atoms with Crippen molar-refractivity contribution in [3.8, 4) is 0 Å². The van der Waals surface area contributed by atoms with Crippen molar-refractivity contribution in [1.82, 2.24) is 9.55 Å². The minimum Gasteiger partial charge on any atom is -0.465 e. The number of carbonyl (C=O) groups is 2. The van der Waals surface area contributed by atoms with Gasteiger partial charge < -0.3 is 14.6 Å². The van der Waals surface area contributed by atoms with Crippen LogP contribution in [0.2, 0.25) is 0 Å². The molecule has 0 saturated carbocycles. The third-order valence-corrected chi connectivity index (χ3v) is 6.30. The summed E-state index contributed by atoms with van der Waals surface area (Å²) < 4.78 is 33.3. The van der Waals surface area contributed by atoms with Gasteiger partial charge in [0.15, 0.2) is 11.6 Å². The molecule has 6 nitrogen and oxygen atoms in total. The molecule has 0 radical (unpaired) electrons. The first kappa shape index (κ1) is 19.5. The number of fused-ring (bicyclic) bond motifs is 2. The Labute approximate surface area is 169 Å². The van der Waals surface area contributed by atoms with Crippen molar-refractivity contribution in [1.29, 1.82) is 0 Å². The first-order valence-corrected chi connectivity index (χ1v) is 10.0. The fraction of sp³-hybridized carbons (Fsp3) is 0.350. The highest BCUT2D eigenvalue weighted by Gasteiger charge is 2.29. The van der Waals surface area contributed by atoms with E-state index >= 15 is 0 Å². The summed E-state index contributed by atoms with van der Waals surface area (Å²) in [6.45, 7) is 2.01. The van der Waals surface area contributed by atoms with Crippen LogP contribution in [0.3, 0.4) is 0 Å². The number of rotatable bonds is 4. The van der Waals surface area contributed by atoms with Gasteiger partial charge in [-0.3, -0.25) is 4.79 Å². The van der Waals surface area contributed by atoms with Gasteiger partial charge in [0.1, 0.15) is 11.5 Å². The molecule has 3 aromatic rings. The summed E-state index contributed by atoms with van der Waals surface area (Å²) in [5.41, 5.74) is 1.93. The minimum absolute atomic E-state index is 0.152. The van der Waals surface area contributed by atoms with Crippen LogP contribution in [0.25, 0.3) is 11.0 Å². The molecule has 1 aliphatic carbocycles. The zero-order valence-corrected chi connectivity index (χ0v) is 16.7. The van der Waals surface area contributed by atoms with Crippen molar-refractivity contribution in [2.75, 3.05) is 12.4 Å². The standard InChI is InChI=1S/C20H19F2N3O3S/c1-10-3-4-11-16(5-10)29-19(18(11)20(27)28-2)24-17(26)8-25-9-23-14-6-12(21)13(22)7-15(14)25/h6-7,9-10H,3-5,8H2,1-2H3,(H,24,26). The van der Waals surface area contributed by atoms with Crippen LogP contribution >= 0.6 is 11.3 Å². The highest BCUT2D eigenvalue weighted by Crippen LogP contribution is 2.40. The highest BCUT2D eigenvalue weighted by atomic mass is 32.1. The molecule has 1 aliphatic rings. The monoisotopic (exact) mass is 419 g/mol. The molecule has 0 spiro atoms. The highest BCUT2D eigenvalue weighted by molar-refractivity contribution is 7.17. The smallest absolute Gasteiger partial charge is 0.341 e. The van der Waals surface area contributed by atoms with E-state index in [1.165, 1.54) is 29.3 Å². The number of halogens is 2. The number of methoxy groups -OCH3 is 1. The molecule has 1 aromatic carbocycles. The van der Waals surface area contributed by atoms with Crippen LogP contribution in [-0.4, -0.2) is 28.5 Å². The number of hydrogen-bond donors (Lipinski definition) is 1. The van der Waals surface area contributed by atoms with Gasteiger partial charge in [0.05, 0.1) is 30.0 Å². The second-order valence-corrected chi connectivity index (χ2v) is 8.33. The molecule has 1 amide bonds. The summed E-state index contributed by atoms with van der Waals surface area (Å²) >= 11 is 1.39. The van der Waals surface area contributed by atoms with Crippen molar-refractivity contribution < 1.29 is 23.1 Å². The van der Waals surface area contributed by atoms with Gasteiger partial charge in [-0.1, -0.05) is 6.92 Å². The molecule has 2 aromatic heterocycles. The SMILES string of the molecule is COC(=O)c1c(NC(=O)Cn2cnc3cc(F)c(F)cc32)sc2c1CCC(C)C2. The number of aromatic nitrogens is 2. The van der Waals surface area contributed by atoms with E-state index in [2.05, 4.69) is 17.2 Å². The van der Waals surface area contributed by atoms with Gasteiger partial charge in [-0.15, -0.1) is 11.3 Å². The molecule has 4 rings (SSSR count). The topological polar surface area (TPSA) is 73.2 Å². The van der Waals surface area contributed by atoms with Crippen molar-refractivity contribution in [3.05, 3.63) is 46.1 Å². The van der Waals surface area contributed by atoms with E-state index in [1.54, 1.807) is 0 Å². The third kappa shape index (κ3) is 3.62. The van der Waals surface area contributed by atoms with Crippen molar-refractivity contribution in [3.63, 3.8) is 0 Å². The maximum atomic E-state index is 13.6. The molecule has 29 heavy (non-hydrogen) atoms. The molecule has 1 unspecified atom stereocenters. The average molecular weight is 419 g/mol. The molecule has 2 heterocycles. The molecule has 0 bridgehead atoms. The molecular weight excluding hydrogens is 400 g/mol. The lowest BCUT2D eigenvalue weighted by atomic mass is 9.88. The summed E-state index contributed by atoms with van der Waals surface area (Å²) in [6, 6.07) is 2.00. The molecule has 1 N–H and O–H groups in total. The third-order valence-electron chi connectivity index (χ3n) is 5.13. The molecular formula is C20H19F2N3O3S. The predicted octanol–water partition coefficient (Wildman–Crippen LogP) is 3.93. The van der Waals surface area contributed by atoms with Crippen LogP contribution in [0.1, 0.15) is 34.1 Å². The normalized spacial score (nSPS) is 15.9. The second-order valence-electron chi connectivity index (χ2n) is 7.22. The van der Waals surface area contributed by atoms with Crippen LogP contribution in [-0.2, 0) is 28.9 Å². The molecule has 0 aliphatic heterocycles. The van der Waals surface area contributed by atoms with Gasteiger partial charge in [0, 0.05) is 17.0 Å². The Balaban J connectivity index is 1.60. The number of carbonyl (C=O) groups excluding carboxylic acids is 2. The lowest BCUT2D eigenvalue weighted by molar-refractivity contribution is -0.116. The van der Waals surface area contributed by atoms with Crippen LogP contribution in [0.5, 0.6) is 0 Å². The average Bonchev–Trinajstić information content (AvgIpc) is 3.22. The second kappa shape index (κ2) is 7.55. The van der Waals surface area contributed by atoms with Gasteiger partial charge in [-0.05, 0) is 30.7 Å². The van der Waals surface area contributed by atoms with E-state index < -0.39 is 23.5 Å². The number of nitrogens with one attached hydrogen (secondary N) is 1. The first-order valence-electron chi connectivity index (χ1n) is 9.20. The first-order chi connectivity index (χ1) is 13.9. The fourth-order valence-electron chi connectivity index (χ4n) is 3.66. The van der Waals surface area contributed by atoms with E-state index in [1.807, 2.05) is 0 Å². The molecule has 152 valence electrons. The summed E-state index contributed by atoms with van der Waals surface area (Å²) in [5, 5.41) is 3.25. The fourth-order valence-corrected chi connectivity index (χ4v) is 5.07. The molecule has 1 atom stereocenters. The Morgan fingerprint density at radius 2 is 2.10 bits per heavy atom. The maximum absolute atomic E-state index is 13.6. The van der Waals surface area contributed by atoms with Crippen LogP contribution in [0, 0.1) is 17.6 Å². The Kier molecular flexibility index (Phi) is 5.08. The Bertz CT molecular complexity index is 1120. The van der Waals surface area contributed by atoms with Gasteiger partial charge in [-0.25, -0.2) is 18.6 Å². The summed E-state index contributed by atoms with van der Waals surface area (Å²) in [7, 11) is 1.31. The summed E-state index contributed by atoms with van der Waals surface area (Å²) in [5.74, 6) is -2.35. The zero-order valence-electron chi connectivity index (χ0n) is 15.9. The quantitative estimate of drug-likeness (QED) is 0.651. The number of nitrogens with zero attached hydrogens (tertiary/aromatic N) is 2. The number of thiophene rings is 1. The Morgan fingerprint density at radius 1 is 1.34 bits per heavy atom. The zero-order chi connectivity index (χ0) is 20.7. The van der Waals surface area contributed by atoms with Crippen molar-refractivity contribution in [2.24, 2.45) is 5.92 Å². The van der Waals surface area contributed by atoms with Crippen LogP contribution in [0.15, 0.2) is 18.5 Å². The van der Waals surface area contributed by atoms with E-state index in [9.17, 15) is 18.4 Å². The summed E-state index contributed by atoms with van der Waals surface area (Å²) in [6.07, 6.45) is 3.96. The molecule has 9 heteroatoms. The largest absolute Gasteiger partial charge is 0.465 e. The van der Waals surface area contributed by atoms with Gasteiger partial charge in [-0.2, -0.15) is 0 Å². The maximum Gasteiger partial charge on any atom is 0.341 e. The van der Waals surface area contributed by atoms with Gasteiger partial charge in [0.25, 0.3) is 0 Å². The Morgan fingerprint density at radius 3 is 2.86 bits per heavy atom. The number of amides is 1. The Hall–Kier alpha value is -2.81. The van der Waals surface area contributed by atoms with E-state index in [-0.39, 0.29) is 12.1 Å². The number of imidazole rings is 1. The van der Waals surface area contributed by atoms with Crippen LogP contribution in [0.4, 0.5) is 13.8 Å². The van der Waals surface area contributed by atoms with E-state index in [0.717, 1.165) is 41.8 Å². The molecule has 0 saturated heterocycles. The lowest BCUT2D eigenvalue weighted by Gasteiger charge is -2.18. The predicted molar refractivity (Wildman–Crippen MR) is 105 cm³/mol. The van der Waals surface area contributed by atoms with Crippen LogP contribution < -0.4 is 5.32 Å². The van der Waals surface area contributed by atoms with Gasteiger partial charge >= 0.3 is 5.97 Å². The van der Waals surface area contributed by atoms with Crippen molar-refractivity contribution >= 4 is 39.2 Å².